The van der Waals surface area contributed by atoms with Gasteiger partial charge < -0.3 is 15.2 Å². The van der Waals surface area contributed by atoms with Crippen LogP contribution in [0.1, 0.15) is 17.5 Å². The van der Waals surface area contributed by atoms with Crippen LogP contribution in [-0.4, -0.2) is 29.8 Å². The molecule has 18 heavy (non-hydrogen) atoms. The smallest absolute Gasteiger partial charge is 0.320 e. The van der Waals surface area contributed by atoms with Gasteiger partial charge in [-0.2, -0.15) is 5.26 Å². The van der Waals surface area contributed by atoms with E-state index in [-0.39, 0.29) is 6.10 Å². The topological polar surface area (TPSA) is 82.3 Å². The van der Waals surface area contributed by atoms with E-state index in [4.69, 9.17) is 15.1 Å². The van der Waals surface area contributed by atoms with Gasteiger partial charge in [0.15, 0.2) is 0 Å². The Morgan fingerprint density at radius 1 is 1.50 bits per heavy atom. The molecule has 1 aromatic carbocycles. The molecule has 94 valence electrons. The van der Waals surface area contributed by atoms with E-state index in [1.54, 1.807) is 12.1 Å². The van der Waals surface area contributed by atoms with Crippen molar-refractivity contribution in [3.8, 4) is 6.07 Å². The van der Waals surface area contributed by atoms with Gasteiger partial charge in [0.1, 0.15) is 6.04 Å². The normalized spacial score (nSPS) is 22.6. The second-order valence-corrected chi connectivity index (χ2v) is 4.28. The third-order valence-corrected chi connectivity index (χ3v) is 2.96. The van der Waals surface area contributed by atoms with Crippen LogP contribution in [0.4, 0.5) is 0 Å². The summed E-state index contributed by atoms with van der Waals surface area (Å²) in [5.74, 6) is -0.834. The van der Waals surface area contributed by atoms with Crippen LogP contribution in [0.2, 0.25) is 0 Å². The van der Waals surface area contributed by atoms with Gasteiger partial charge in [0.2, 0.25) is 0 Å². The van der Waals surface area contributed by atoms with Crippen LogP contribution in [0.5, 0.6) is 0 Å². The Bertz CT molecular complexity index is 464. The number of carboxylic acid groups (broad SMARTS) is 1. The van der Waals surface area contributed by atoms with E-state index in [9.17, 15) is 4.79 Å². The molecule has 1 aliphatic heterocycles. The second kappa shape index (κ2) is 5.63. The van der Waals surface area contributed by atoms with Gasteiger partial charge in [0.05, 0.1) is 24.3 Å². The summed E-state index contributed by atoms with van der Waals surface area (Å²) in [6.45, 7) is 0.998. The highest BCUT2D eigenvalue weighted by Crippen LogP contribution is 2.13. The second-order valence-electron chi connectivity index (χ2n) is 4.28. The van der Waals surface area contributed by atoms with E-state index in [0.717, 1.165) is 5.56 Å². The van der Waals surface area contributed by atoms with Crippen molar-refractivity contribution in [3.63, 3.8) is 0 Å². The van der Waals surface area contributed by atoms with E-state index in [2.05, 4.69) is 11.4 Å². The van der Waals surface area contributed by atoms with E-state index in [1.165, 1.54) is 0 Å². The molecule has 1 fully saturated rings. The minimum Gasteiger partial charge on any atom is -0.480 e. The third-order valence-electron chi connectivity index (χ3n) is 2.96. The summed E-state index contributed by atoms with van der Waals surface area (Å²) in [6.07, 6.45) is 0.424. The molecule has 1 heterocycles. The number of carbonyl (C=O) groups is 1. The van der Waals surface area contributed by atoms with Gasteiger partial charge in [-0.15, -0.1) is 0 Å². The van der Waals surface area contributed by atoms with Crippen LogP contribution in [0, 0.1) is 11.3 Å². The van der Waals surface area contributed by atoms with Gasteiger partial charge in [-0.1, -0.05) is 12.1 Å². The van der Waals surface area contributed by atoms with E-state index in [0.29, 0.717) is 25.1 Å². The van der Waals surface area contributed by atoms with E-state index in [1.807, 2.05) is 12.1 Å². The van der Waals surface area contributed by atoms with Gasteiger partial charge in [0.25, 0.3) is 0 Å². The van der Waals surface area contributed by atoms with Crippen LogP contribution in [-0.2, 0) is 16.1 Å². The SMILES string of the molecule is N#Cc1ccc(CO[C@H]2CN[C@H](C(=O)O)C2)cc1. The Kier molecular flexibility index (Phi) is 3.92. The molecule has 0 radical (unpaired) electrons. The Hall–Kier alpha value is -1.90. The van der Waals surface area contributed by atoms with Crippen molar-refractivity contribution in [1.29, 1.82) is 5.26 Å². The number of nitriles is 1. The lowest BCUT2D eigenvalue weighted by atomic mass is 10.1. The van der Waals surface area contributed by atoms with Crippen LogP contribution in [0.25, 0.3) is 0 Å². The van der Waals surface area contributed by atoms with Gasteiger partial charge in [-0.3, -0.25) is 4.79 Å². The standard InChI is InChI=1S/C13H14N2O3/c14-6-9-1-3-10(4-2-9)8-18-11-5-12(13(16)17)15-7-11/h1-4,11-12,15H,5,7-8H2,(H,16,17)/t11-,12+/m1/s1. The number of nitrogens with zero attached hydrogens (tertiary/aromatic N) is 1. The minimum absolute atomic E-state index is 0.0678. The molecule has 0 bridgehead atoms. The molecular formula is C13H14N2O3. The molecule has 0 aromatic heterocycles. The molecule has 5 nitrogen and oxygen atoms in total. The summed E-state index contributed by atoms with van der Waals surface area (Å²) < 4.78 is 5.63. The van der Waals surface area contributed by atoms with E-state index >= 15 is 0 Å². The Labute approximate surface area is 105 Å². The Morgan fingerprint density at radius 3 is 2.78 bits per heavy atom. The number of aliphatic carboxylic acids is 1. The van der Waals surface area contributed by atoms with Gasteiger partial charge in [-0.25, -0.2) is 0 Å². The molecule has 2 atom stereocenters. The molecule has 5 heteroatoms. The zero-order chi connectivity index (χ0) is 13.0. The molecule has 2 rings (SSSR count). The fourth-order valence-corrected chi connectivity index (χ4v) is 1.91. The largest absolute Gasteiger partial charge is 0.480 e. The van der Waals surface area contributed by atoms with E-state index < -0.39 is 12.0 Å². The van der Waals surface area contributed by atoms with Crippen molar-refractivity contribution < 1.29 is 14.6 Å². The summed E-state index contributed by atoms with van der Waals surface area (Å²) in [4.78, 5) is 10.7. The van der Waals surface area contributed by atoms with Crippen LogP contribution in [0.3, 0.4) is 0 Å². The number of nitrogens with one attached hydrogen (secondary N) is 1. The lowest BCUT2D eigenvalue weighted by Crippen LogP contribution is -2.29. The fraction of sp³-hybridized carbons (Fsp3) is 0.385. The van der Waals surface area contributed by atoms with Gasteiger partial charge in [-0.05, 0) is 17.7 Å². The number of ether oxygens (including phenoxy) is 1. The number of benzene rings is 1. The molecule has 0 spiro atoms. The number of hydrogen-bond donors (Lipinski definition) is 2. The molecule has 1 aliphatic rings. The molecule has 0 saturated carbocycles. The predicted octanol–water partition coefficient (Wildman–Crippen LogP) is 0.890. The number of rotatable bonds is 4. The summed E-state index contributed by atoms with van der Waals surface area (Å²) in [7, 11) is 0. The van der Waals surface area contributed by atoms with Crippen molar-refractivity contribution >= 4 is 5.97 Å². The first kappa shape index (κ1) is 12.6. The first-order chi connectivity index (χ1) is 8.69. The maximum Gasteiger partial charge on any atom is 0.320 e. The highest BCUT2D eigenvalue weighted by atomic mass is 16.5. The third kappa shape index (κ3) is 3.06. The predicted molar refractivity (Wildman–Crippen MR) is 63.8 cm³/mol. The zero-order valence-electron chi connectivity index (χ0n) is 9.80. The Morgan fingerprint density at radius 2 is 2.22 bits per heavy atom. The quantitative estimate of drug-likeness (QED) is 0.824. The maximum absolute atomic E-state index is 10.7. The zero-order valence-corrected chi connectivity index (χ0v) is 9.80. The lowest BCUT2D eigenvalue weighted by Gasteiger charge is -2.10. The summed E-state index contributed by atoms with van der Waals surface area (Å²) in [5, 5.41) is 20.4. The first-order valence-corrected chi connectivity index (χ1v) is 5.76. The van der Waals surface area contributed by atoms with Crippen LogP contribution in [0.15, 0.2) is 24.3 Å². The van der Waals surface area contributed by atoms with Crippen molar-refractivity contribution in [2.24, 2.45) is 0 Å². The van der Waals surface area contributed by atoms with Gasteiger partial charge >= 0.3 is 5.97 Å². The molecule has 0 amide bonds. The average molecular weight is 246 g/mol. The van der Waals surface area contributed by atoms with Crippen molar-refractivity contribution in [2.45, 2.75) is 25.2 Å². The molecule has 2 N–H and O–H groups in total. The average Bonchev–Trinajstić information content (AvgIpc) is 2.86. The molecule has 1 saturated heterocycles. The maximum atomic E-state index is 10.7. The van der Waals surface area contributed by atoms with Crippen molar-refractivity contribution in [3.05, 3.63) is 35.4 Å². The highest BCUT2D eigenvalue weighted by molar-refractivity contribution is 5.73. The van der Waals surface area contributed by atoms with Gasteiger partial charge in [0, 0.05) is 13.0 Å². The lowest BCUT2D eigenvalue weighted by molar-refractivity contribution is -0.139. The highest BCUT2D eigenvalue weighted by Gasteiger charge is 2.29. The molecular weight excluding hydrogens is 232 g/mol. The summed E-state index contributed by atoms with van der Waals surface area (Å²) in [5.41, 5.74) is 1.60. The van der Waals surface area contributed by atoms with Crippen LogP contribution >= 0.6 is 0 Å². The van der Waals surface area contributed by atoms with Crippen molar-refractivity contribution in [2.75, 3.05) is 6.54 Å². The number of hydrogen-bond acceptors (Lipinski definition) is 4. The molecule has 1 aromatic rings. The van der Waals surface area contributed by atoms with Crippen LogP contribution < -0.4 is 5.32 Å². The molecule has 0 aliphatic carbocycles. The minimum atomic E-state index is -0.834. The summed E-state index contributed by atoms with van der Waals surface area (Å²) in [6, 6.07) is 8.72. The fourth-order valence-electron chi connectivity index (χ4n) is 1.91. The van der Waals surface area contributed by atoms with Crippen molar-refractivity contribution in [1.82, 2.24) is 5.32 Å². The first-order valence-electron chi connectivity index (χ1n) is 5.76. The summed E-state index contributed by atoms with van der Waals surface area (Å²) >= 11 is 0. The number of carboxylic acids is 1. The Balaban J connectivity index is 1.82. The monoisotopic (exact) mass is 246 g/mol. The molecule has 0 unspecified atom stereocenters.